The molecule has 4 heteroatoms. The van der Waals surface area contributed by atoms with E-state index in [4.69, 9.17) is 5.73 Å². The molecular weight excluding hydrogens is 262 g/mol. The Kier molecular flexibility index (Phi) is 3.99. The van der Waals surface area contributed by atoms with Gasteiger partial charge in [0.25, 0.3) is 0 Å². The third-order valence-electron chi connectivity index (χ3n) is 5.11. The van der Waals surface area contributed by atoms with Crippen LogP contribution in [0.5, 0.6) is 0 Å². The third kappa shape index (κ3) is 2.82. The molecule has 0 aromatic heterocycles. The number of likely N-dealkylation sites (tertiary alicyclic amines) is 1. The lowest BCUT2D eigenvalue weighted by atomic mass is 9.78. The lowest BCUT2D eigenvalue weighted by Crippen LogP contribution is -2.67. The Morgan fingerprint density at radius 2 is 1.90 bits per heavy atom. The molecule has 4 nitrogen and oxygen atoms in total. The molecule has 21 heavy (non-hydrogen) atoms. The van der Waals surface area contributed by atoms with Crippen molar-refractivity contribution >= 4 is 0 Å². The van der Waals surface area contributed by atoms with Gasteiger partial charge in [-0.05, 0) is 43.2 Å². The SMILES string of the molecule is N#Cc1ccccc1C1CCC(N2CC(O)(CN)C2)CC1. The number of nitrogens with zero attached hydrogens (tertiary/aromatic N) is 2. The molecule has 2 aliphatic rings. The van der Waals surface area contributed by atoms with Crippen molar-refractivity contribution in [2.24, 2.45) is 5.73 Å². The second-order valence-electron chi connectivity index (χ2n) is 6.54. The molecule has 1 aromatic rings. The van der Waals surface area contributed by atoms with E-state index in [1.807, 2.05) is 18.2 Å². The molecule has 1 aliphatic heterocycles. The molecule has 1 aromatic carbocycles. The lowest BCUT2D eigenvalue weighted by molar-refractivity contribution is -0.113. The monoisotopic (exact) mass is 285 g/mol. The topological polar surface area (TPSA) is 73.3 Å². The predicted molar refractivity (Wildman–Crippen MR) is 81.7 cm³/mol. The van der Waals surface area contributed by atoms with E-state index in [9.17, 15) is 10.4 Å². The molecular formula is C17H23N3O. The molecule has 1 heterocycles. The van der Waals surface area contributed by atoms with Crippen LogP contribution in [0.1, 0.15) is 42.7 Å². The van der Waals surface area contributed by atoms with Crippen LogP contribution in [-0.2, 0) is 0 Å². The van der Waals surface area contributed by atoms with Crippen LogP contribution in [0.15, 0.2) is 24.3 Å². The summed E-state index contributed by atoms with van der Waals surface area (Å²) in [6.45, 7) is 1.79. The fourth-order valence-electron chi connectivity index (χ4n) is 3.80. The smallest absolute Gasteiger partial charge is 0.102 e. The normalized spacial score (nSPS) is 28.6. The van der Waals surface area contributed by atoms with Crippen molar-refractivity contribution in [3.05, 3.63) is 35.4 Å². The fraction of sp³-hybridized carbons (Fsp3) is 0.588. The highest BCUT2D eigenvalue weighted by atomic mass is 16.3. The van der Waals surface area contributed by atoms with Gasteiger partial charge in [0.15, 0.2) is 0 Å². The first-order chi connectivity index (χ1) is 10.1. The number of hydrogen-bond donors (Lipinski definition) is 2. The molecule has 112 valence electrons. The number of nitrogens with two attached hydrogens (primary N) is 1. The van der Waals surface area contributed by atoms with Crippen LogP contribution in [0.25, 0.3) is 0 Å². The first-order valence-electron chi connectivity index (χ1n) is 7.81. The number of nitriles is 1. The minimum absolute atomic E-state index is 0.356. The Morgan fingerprint density at radius 1 is 1.24 bits per heavy atom. The van der Waals surface area contributed by atoms with Crippen molar-refractivity contribution in [1.82, 2.24) is 4.90 Å². The van der Waals surface area contributed by atoms with E-state index in [-0.39, 0.29) is 0 Å². The zero-order valence-electron chi connectivity index (χ0n) is 12.3. The van der Waals surface area contributed by atoms with E-state index in [2.05, 4.69) is 17.0 Å². The Morgan fingerprint density at radius 3 is 2.52 bits per heavy atom. The van der Waals surface area contributed by atoms with E-state index in [0.717, 1.165) is 31.2 Å². The van der Waals surface area contributed by atoms with Crippen LogP contribution in [0.2, 0.25) is 0 Å². The van der Waals surface area contributed by atoms with Crippen LogP contribution < -0.4 is 5.73 Å². The molecule has 3 N–H and O–H groups in total. The first kappa shape index (κ1) is 14.5. The molecule has 1 aliphatic carbocycles. The predicted octanol–water partition coefficient (Wildman–Crippen LogP) is 1.59. The molecule has 0 spiro atoms. The van der Waals surface area contributed by atoms with E-state index < -0.39 is 5.60 Å². The van der Waals surface area contributed by atoms with Crippen LogP contribution in [0.3, 0.4) is 0 Å². The van der Waals surface area contributed by atoms with Crippen LogP contribution in [-0.4, -0.2) is 41.3 Å². The summed E-state index contributed by atoms with van der Waals surface area (Å²) in [5.41, 5.74) is 6.96. The fourth-order valence-corrected chi connectivity index (χ4v) is 3.80. The Bertz CT molecular complexity index is 537. The minimum atomic E-state index is -0.649. The summed E-state index contributed by atoms with van der Waals surface area (Å²) in [4.78, 5) is 2.36. The summed E-state index contributed by atoms with van der Waals surface area (Å²) < 4.78 is 0. The zero-order valence-corrected chi connectivity index (χ0v) is 12.3. The van der Waals surface area contributed by atoms with Crippen molar-refractivity contribution in [3.8, 4) is 6.07 Å². The minimum Gasteiger partial charge on any atom is -0.386 e. The average molecular weight is 285 g/mol. The van der Waals surface area contributed by atoms with Gasteiger partial charge in [-0.25, -0.2) is 0 Å². The highest BCUT2D eigenvalue weighted by Crippen LogP contribution is 2.38. The van der Waals surface area contributed by atoms with Crippen molar-refractivity contribution in [2.75, 3.05) is 19.6 Å². The van der Waals surface area contributed by atoms with E-state index in [1.165, 1.54) is 5.56 Å². The average Bonchev–Trinajstić information content (AvgIpc) is 2.52. The van der Waals surface area contributed by atoms with Gasteiger partial charge < -0.3 is 10.8 Å². The van der Waals surface area contributed by atoms with Gasteiger partial charge in [-0.1, -0.05) is 18.2 Å². The molecule has 0 atom stereocenters. The number of rotatable bonds is 3. The van der Waals surface area contributed by atoms with E-state index in [0.29, 0.717) is 31.6 Å². The second-order valence-corrected chi connectivity index (χ2v) is 6.54. The Labute approximate surface area is 126 Å². The van der Waals surface area contributed by atoms with Gasteiger partial charge >= 0.3 is 0 Å². The van der Waals surface area contributed by atoms with Crippen LogP contribution >= 0.6 is 0 Å². The maximum absolute atomic E-state index is 10.0. The summed E-state index contributed by atoms with van der Waals surface area (Å²) in [7, 11) is 0. The molecule has 0 radical (unpaired) electrons. The first-order valence-corrected chi connectivity index (χ1v) is 7.81. The molecule has 3 rings (SSSR count). The third-order valence-corrected chi connectivity index (χ3v) is 5.11. The van der Waals surface area contributed by atoms with Gasteiger partial charge in [0.1, 0.15) is 5.60 Å². The van der Waals surface area contributed by atoms with E-state index in [1.54, 1.807) is 0 Å². The Balaban J connectivity index is 1.58. The molecule has 0 bridgehead atoms. The van der Waals surface area contributed by atoms with Crippen molar-refractivity contribution < 1.29 is 5.11 Å². The molecule has 0 amide bonds. The Hall–Kier alpha value is -1.41. The quantitative estimate of drug-likeness (QED) is 0.884. The number of hydrogen-bond acceptors (Lipinski definition) is 4. The van der Waals surface area contributed by atoms with Gasteiger partial charge in [0.2, 0.25) is 0 Å². The lowest BCUT2D eigenvalue weighted by Gasteiger charge is -2.51. The van der Waals surface area contributed by atoms with Gasteiger partial charge in [0.05, 0.1) is 11.6 Å². The van der Waals surface area contributed by atoms with E-state index >= 15 is 0 Å². The highest BCUT2D eigenvalue weighted by Gasteiger charge is 2.43. The molecule has 1 saturated carbocycles. The maximum atomic E-state index is 10.0. The van der Waals surface area contributed by atoms with Gasteiger partial charge in [-0.2, -0.15) is 5.26 Å². The summed E-state index contributed by atoms with van der Waals surface area (Å²) in [6, 6.07) is 10.9. The van der Waals surface area contributed by atoms with Gasteiger partial charge in [0, 0.05) is 25.7 Å². The van der Waals surface area contributed by atoms with Crippen LogP contribution in [0, 0.1) is 11.3 Å². The van der Waals surface area contributed by atoms with Crippen molar-refractivity contribution in [2.45, 2.75) is 43.2 Å². The second kappa shape index (κ2) is 5.76. The van der Waals surface area contributed by atoms with Crippen molar-refractivity contribution in [3.63, 3.8) is 0 Å². The molecule has 1 saturated heterocycles. The maximum Gasteiger partial charge on any atom is 0.102 e. The summed E-state index contributed by atoms with van der Waals surface area (Å²) in [5.74, 6) is 0.506. The van der Waals surface area contributed by atoms with Gasteiger partial charge in [-0.15, -0.1) is 0 Å². The summed E-state index contributed by atoms with van der Waals surface area (Å²) in [5, 5.41) is 19.2. The standard InChI is InChI=1S/C17H23N3O/c18-9-14-3-1-2-4-16(14)13-5-7-15(8-6-13)20-11-17(21,10-19)12-20/h1-4,13,15,21H,5-8,10-12,19H2. The summed E-state index contributed by atoms with van der Waals surface area (Å²) in [6.07, 6.45) is 4.54. The summed E-state index contributed by atoms with van der Waals surface area (Å²) >= 11 is 0. The van der Waals surface area contributed by atoms with Gasteiger partial charge in [-0.3, -0.25) is 4.90 Å². The van der Waals surface area contributed by atoms with Crippen molar-refractivity contribution in [1.29, 1.82) is 5.26 Å². The number of benzene rings is 1. The molecule has 2 fully saturated rings. The zero-order chi connectivity index (χ0) is 14.9. The highest BCUT2D eigenvalue weighted by molar-refractivity contribution is 5.39. The largest absolute Gasteiger partial charge is 0.386 e. The van der Waals surface area contributed by atoms with Crippen LogP contribution in [0.4, 0.5) is 0 Å². The number of aliphatic hydroxyl groups is 1. The number of β-amino-alcohol motifs (C(OH)–C–C–N with tert-alkyl or cyclic N) is 1. The molecule has 0 unspecified atom stereocenters.